The number of hydrogen-bond acceptors (Lipinski definition) is 3. The lowest BCUT2D eigenvalue weighted by molar-refractivity contribution is 0.273. The van der Waals surface area contributed by atoms with Crippen LogP contribution in [0.15, 0.2) is 12.3 Å². The van der Waals surface area contributed by atoms with E-state index >= 15 is 0 Å². The van der Waals surface area contributed by atoms with Crippen LogP contribution in [0.25, 0.3) is 0 Å². The molecule has 1 heterocycles. The number of aliphatic hydroxyl groups excluding tert-OH is 1. The third-order valence-corrected chi connectivity index (χ3v) is 2.87. The van der Waals surface area contributed by atoms with E-state index in [0.717, 1.165) is 32.4 Å². The number of aliphatic hydroxyl groups is 1. The topological polar surface area (TPSA) is 41.3 Å². The van der Waals surface area contributed by atoms with Crippen molar-refractivity contribution in [3.8, 4) is 0 Å². The molecule has 0 saturated carbocycles. The van der Waals surface area contributed by atoms with Crippen LogP contribution in [-0.2, 0) is 13.5 Å². The molecule has 0 radical (unpaired) electrons. The summed E-state index contributed by atoms with van der Waals surface area (Å²) in [6.45, 7) is 2.50. The van der Waals surface area contributed by atoms with Crippen LogP contribution < -0.4 is 0 Å². The molecule has 0 atom stereocenters. The number of likely N-dealkylation sites (N-methyl/N-ethyl adjacent to an activating group) is 1. The molecule has 16 heavy (non-hydrogen) atoms. The van der Waals surface area contributed by atoms with E-state index < -0.39 is 0 Å². The first-order valence-electron chi connectivity index (χ1n) is 6.00. The summed E-state index contributed by atoms with van der Waals surface area (Å²) in [4.78, 5) is 2.34. The molecule has 0 amide bonds. The molecule has 92 valence electrons. The van der Waals surface area contributed by atoms with Crippen molar-refractivity contribution in [2.75, 3.05) is 26.7 Å². The van der Waals surface area contributed by atoms with Crippen molar-refractivity contribution in [3.63, 3.8) is 0 Å². The van der Waals surface area contributed by atoms with Crippen molar-refractivity contribution in [1.29, 1.82) is 0 Å². The fraction of sp³-hybridized carbons (Fsp3) is 0.750. The van der Waals surface area contributed by atoms with Crippen LogP contribution in [-0.4, -0.2) is 46.5 Å². The van der Waals surface area contributed by atoms with Gasteiger partial charge in [0.25, 0.3) is 0 Å². The molecule has 0 spiro atoms. The normalized spacial score (nSPS) is 11.2. The van der Waals surface area contributed by atoms with E-state index in [0.29, 0.717) is 6.61 Å². The van der Waals surface area contributed by atoms with E-state index in [4.69, 9.17) is 5.11 Å². The predicted molar refractivity (Wildman–Crippen MR) is 65.3 cm³/mol. The first-order valence-corrected chi connectivity index (χ1v) is 6.00. The third kappa shape index (κ3) is 4.77. The van der Waals surface area contributed by atoms with Crippen molar-refractivity contribution in [2.24, 2.45) is 7.05 Å². The average molecular weight is 225 g/mol. The van der Waals surface area contributed by atoms with Crippen LogP contribution in [0, 0.1) is 0 Å². The summed E-state index contributed by atoms with van der Waals surface area (Å²) in [5.41, 5.74) is 1.28. The van der Waals surface area contributed by atoms with Crippen molar-refractivity contribution in [1.82, 2.24) is 14.7 Å². The van der Waals surface area contributed by atoms with E-state index in [2.05, 4.69) is 23.1 Å². The zero-order valence-electron chi connectivity index (χ0n) is 10.4. The molecule has 1 rings (SSSR count). The molecule has 4 heteroatoms. The number of nitrogens with zero attached hydrogens (tertiary/aromatic N) is 3. The summed E-state index contributed by atoms with van der Waals surface area (Å²) in [5.74, 6) is 0. The van der Waals surface area contributed by atoms with Crippen LogP contribution in [0.1, 0.15) is 25.0 Å². The smallest absolute Gasteiger partial charge is 0.0492 e. The SMILES string of the molecule is CN(CCCCCO)CCc1ccnn1C. The standard InChI is InChI=1S/C12H23N3O/c1-14(9-4-3-5-11-16)10-7-12-6-8-13-15(12)2/h6,8,16H,3-5,7,9-11H2,1-2H3. The molecular weight excluding hydrogens is 202 g/mol. The second-order valence-corrected chi connectivity index (χ2v) is 4.28. The molecule has 4 nitrogen and oxygen atoms in total. The number of aryl methyl sites for hydroxylation is 1. The van der Waals surface area contributed by atoms with Gasteiger partial charge in [0.05, 0.1) is 0 Å². The zero-order chi connectivity index (χ0) is 11.8. The fourth-order valence-corrected chi connectivity index (χ4v) is 1.73. The molecule has 0 fully saturated rings. The molecule has 0 bridgehead atoms. The predicted octanol–water partition coefficient (Wildman–Crippen LogP) is 1.06. The number of unbranched alkanes of at least 4 members (excludes halogenated alkanes) is 2. The molecule has 1 aromatic rings. The molecule has 0 aromatic carbocycles. The fourth-order valence-electron chi connectivity index (χ4n) is 1.73. The first kappa shape index (κ1) is 13.2. The lowest BCUT2D eigenvalue weighted by Gasteiger charge is -2.16. The Hall–Kier alpha value is -0.870. The van der Waals surface area contributed by atoms with Crippen molar-refractivity contribution in [2.45, 2.75) is 25.7 Å². The van der Waals surface area contributed by atoms with Crippen LogP contribution >= 0.6 is 0 Å². The Kier molecular flexibility index (Phi) is 6.11. The molecule has 1 aromatic heterocycles. The van der Waals surface area contributed by atoms with Gasteiger partial charge in [-0.2, -0.15) is 5.10 Å². The molecule has 0 aliphatic rings. The molecule has 0 saturated heterocycles. The van der Waals surface area contributed by atoms with Gasteiger partial charge in [0.1, 0.15) is 0 Å². The van der Waals surface area contributed by atoms with Gasteiger partial charge in [0, 0.05) is 38.5 Å². The molecule has 0 aliphatic carbocycles. The Bertz CT molecular complexity index is 286. The van der Waals surface area contributed by atoms with E-state index in [1.807, 2.05) is 17.9 Å². The molecule has 1 N–H and O–H groups in total. The largest absolute Gasteiger partial charge is 0.396 e. The average Bonchev–Trinajstić information content (AvgIpc) is 2.67. The minimum Gasteiger partial charge on any atom is -0.396 e. The third-order valence-electron chi connectivity index (χ3n) is 2.87. The highest BCUT2D eigenvalue weighted by Gasteiger charge is 2.02. The van der Waals surface area contributed by atoms with E-state index in [1.54, 1.807) is 0 Å². The van der Waals surface area contributed by atoms with Crippen LogP contribution in [0.2, 0.25) is 0 Å². The quantitative estimate of drug-likeness (QED) is 0.673. The molecule has 0 unspecified atom stereocenters. The van der Waals surface area contributed by atoms with Crippen LogP contribution in [0.3, 0.4) is 0 Å². The second-order valence-electron chi connectivity index (χ2n) is 4.28. The Balaban J connectivity index is 2.10. The van der Waals surface area contributed by atoms with E-state index in [9.17, 15) is 0 Å². The highest BCUT2D eigenvalue weighted by Crippen LogP contribution is 2.01. The molecule has 0 aliphatic heterocycles. The van der Waals surface area contributed by atoms with Gasteiger partial charge in [0.15, 0.2) is 0 Å². The Morgan fingerprint density at radius 2 is 2.12 bits per heavy atom. The maximum Gasteiger partial charge on any atom is 0.0492 e. The number of aromatic nitrogens is 2. The lowest BCUT2D eigenvalue weighted by Crippen LogP contribution is -2.23. The summed E-state index contributed by atoms with van der Waals surface area (Å²) in [6, 6.07) is 2.07. The Labute approximate surface area is 97.9 Å². The van der Waals surface area contributed by atoms with Gasteiger partial charge in [-0.25, -0.2) is 0 Å². The van der Waals surface area contributed by atoms with Crippen LogP contribution in [0.5, 0.6) is 0 Å². The summed E-state index contributed by atoms with van der Waals surface area (Å²) < 4.78 is 1.93. The lowest BCUT2D eigenvalue weighted by atomic mass is 10.2. The zero-order valence-corrected chi connectivity index (χ0v) is 10.4. The van der Waals surface area contributed by atoms with Crippen LogP contribution in [0.4, 0.5) is 0 Å². The number of rotatable bonds is 8. The number of hydrogen-bond donors (Lipinski definition) is 1. The minimum atomic E-state index is 0.318. The van der Waals surface area contributed by atoms with Gasteiger partial charge in [0.2, 0.25) is 0 Å². The minimum absolute atomic E-state index is 0.318. The van der Waals surface area contributed by atoms with Crippen molar-refractivity contribution in [3.05, 3.63) is 18.0 Å². The first-order chi connectivity index (χ1) is 7.74. The van der Waals surface area contributed by atoms with Crippen molar-refractivity contribution >= 4 is 0 Å². The van der Waals surface area contributed by atoms with E-state index in [-0.39, 0.29) is 0 Å². The summed E-state index contributed by atoms with van der Waals surface area (Å²) in [7, 11) is 4.13. The van der Waals surface area contributed by atoms with Gasteiger partial charge in [-0.15, -0.1) is 0 Å². The van der Waals surface area contributed by atoms with Gasteiger partial charge in [-0.05, 0) is 38.9 Å². The maximum absolute atomic E-state index is 8.67. The van der Waals surface area contributed by atoms with Crippen molar-refractivity contribution < 1.29 is 5.11 Å². The van der Waals surface area contributed by atoms with E-state index in [1.165, 1.54) is 12.1 Å². The van der Waals surface area contributed by atoms with Gasteiger partial charge >= 0.3 is 0 Å². The summed E-state index contributed by atoms with van der Waals surface area (Å²) in [5, 5.41) is 12.8. The second kappa shape index (κ2) is 7.41. The Morgan fingerprint density at radius 1 is 1.31 bits per heavy atom. The highest BCUT2D eigenvalue weighted by molar-refractivity contribution is 5.00. The van der Waals surface area contributed by atoms with Gasteiger partial charge in [-0.3, -0.25) is 4.68 Å². The van der Waals surface area contributed by atoms with Gasteiger partial charge < -0.3 is 10.0 Å². The monoisotopic (exact) mass is 225 g/mol. The Morgan fingerprint density at radius 3 is 2.75 bits per heavy atom. The van der Waals surface area contributed by atoms with Gasteiger partial charge in [-0.1, -0.05) is 0 Å². The summed E-state index contributed by atoms with van der Waals surface area (Å²) >= 11 is 0. The summed E-state index contributed by atoms with van der Waals surface area (Å²) in [6.07, 6.45) is 6.11. The molecular formula is C12H23N3O. The highest BCUT2D eigenvalue weighted by atomic mass is 16.2. The maximum atomic E-state index is 8.67.